The SMILES string of the molecule is c1ccc(-n2c3ccccc3c3c4c(c5c6ccccc6n(-c6cccc(-c7cnc8sc9ccccc9c8c7)c6)c5c32)Cc2cc3ccccc3cc2C4)cc1. The maximum Gasteiger partial charge on any atom is 0.124 e. The van der Waals surface area contributed by atoms with Crippen LogP contribution in [0.25, 0.3) is 97.2 Å². The van der Waals surface area contributed by atoms with E-state index < -0.39 is 0 Å². The molecule has 13 rings (SSSR count). The van der Waals surface area contributed by atoms with Crippen molar-refractivity contribution in [2.24, 2.45) is 0 Å². The number of nitrogens with zero attached hydrogens (tertiary/aromatic N) is 3. The van der Waals surface area contributed by atoms with Gasteiger partial charge < -0.3 is 9.13 Å². The first kappa shape index (κ1) is 31.2. The monoisotopic (exact) mass is 743 g/mol. The summed E-state index contributed by atoms with van der Waals surface area (Å²) in [4.78, 5) is 6.07. The Morgan fingerprint density at radius 2 is 1.00 bits per heavy atom. The molecule has 4 heterocycles. The van der Waals surface area contributed by atoms with Gasteiger partial charge in [-0.25, -0.2) is 4.98 Å². The Balaban J connectivity index is 1.16. The molecular formula is C53H33N3S. The molecule has 0 unspecified atom stereocenters. The molecule has 8 aromatic carbocycles. The molecule has 0 fully saturated rings. The van der Waals surface area contributed by atoms with E-state index in [4.69, 9.17) is 4.98 Å². The zero-order valence-corrected chi connectivity index (χ0v) is 31.7. The summed E-state index contributed by atoms with van der Waals surface area (Å²) in [5.41, 5.74) is 15.3. The fourth-order valence-electron chi connectivity index (χ4n) is 9.98. The molecule has 0 bridgehead atoms. The first-order chi connectivity index (χ1) is 28.3. The Morgan fingerprint density at radius 1 is 0.439 bits per heavy atom. The third kappa shape index (κ3) is 4.45. The Morgan fingerprint density at radius 3 is 1.68 bits per heavy atom. The molecule has 0 N–H and O–H groups in total. The number of fused-ring (bicyclic) bond motifs is 15. The number of aromatic nitrogens is 3. The molecule has 0 radical (unpaired) electrons. The minimum atomic E-state index is 0.890. The van der Waals surface area contributed by atoms with Crippen molar-refractivity contribution in [1.82, 2.24) is 14.1 Å². The van der Waals surface area contributed by atoms with Crippen molar-refractivity contribution in [3.63, 3.8) is 0 Å². The maximum absolute atomic E-state index is 4.99. The smallest absolute Gasteiger partial charge is 0.124 e. The van der Waals surface area contributed by atoms with Gasteiger partial charge in [0.1, 0.15) is 4.83 Å². The van der Waals surface area contributed by atoms with Crippen LogP contribution >= 0.6 is 11.3 Å². The van der Waals surface area contributed by atoms with E-state index in [0.717, 1.165) is 34.5 Å². The fourth-order valence-corrected chi connectivity index (χ4v) is 11.0. The molecule has 0 spiro atoms. The van der Waals surface area contributed by atoms with E-state index in [1.807, 2.05) is 6.20 Å². The maximum atomic E-state index is 4.99. The molecule has 266 valence electrons. The van der Waals surface area contributed by atoms with Crippen molar-refractivity contribution in [2.45, 2.75) is 12.8 Å². The van der Waals surface area contributed by atoms with Crippen LogP contribution in [-0.2, 0) is 12.8 Å². The summed E-state index contributed by atoms with van der Waals surface area (Å²) in [7, 11) is 0. The number of thiophene rings is 1. The summed E-state index contributed by atoms with van der Waals surface area (Å²) in [6.07, 6.45) is 3.83. The molecule has 0 amide bonds. The van der Waals surface area contributed by atoms with Gasteiger partial charge in [-0.05, 0) is 100.0 Å². The van der Waals surface area contributed by atoms with Gasteiger partial charge in [0.25, 0.3) is 0 Å². The lowest BCUT2D eigenvalue weighted by Crippen LogP contribution is -2.10. The Bertz CT molecular complexity index is 3640. The van der Waals surface area contributed by atoms with Crippen LogP contribution in [-0.4, -0.2) is 14.1 Å². The minimum Gasteiger partial charge on any atom is -0.307 e. The second kappa shape index (κ2) is 11.8. The summed E-state index contributed by atoms with van der Waals surface area (Å²) in [5, 5.41) is 10.4. The van der Waals surface area contributed by atoms with E-state index in [1.54, 1.807) is 11.3 Å². The largest absolute Gasteiger partial charge is 0.307 e. The van der Waals surface area contributed by atoms with Crippen LogP contribution in [0.15, 0.2) is 176 Å². The van der Waals surface area contributed by atoms with Crippen molar-refractivity contribution >= 4 is 86.0 Å². The summed E-state index contributed by atoms with van der Waals surface area (Å²) < 4.78 is 6.35. The molecule has 3 nitrogen and oxygen atoms in total. The molecule has 0 aliphatic heterocycles. The highest BCUT2D eigenvalue weighted by Crippen LogP contribution is 2.49. The Labute approximate surface area is 332 Å². The molecule has 0 saturated carbocycles. The normalized spacial score (nSPS) is 12.8. The molecule has 57 heavy (non-hydrogen) atoms. The zero-order chi connectivity index (χ0) is 37.2. The zero-order valence-electron chi connectivity index (χ0n) is 30.9. The van der Waals surface area contributed by atoms with Crippen LogP contribution in [0.5, 0.6) is 0 Å². The number of rotatable bonds is 3. The topological polar surface area (TPSA) is 22.8 Å². The highest BCUT2D eigenvalue weighted by molar-refractivity contribution is 7.25. The van der Waals surface area contributed by atoms with Gasteiger partial charge in [0.15, 0.2) is 0 Å². The van der Waals surface area contributed by atoms with Gasteiger partial charge in [-0.15, -0.1) is 11.3 Å². The molecule has 12 aromatic rings. The predicted molar refractivity (Wildman–Crippen MR) is 241 cm³/mol. The minimum absolute atomic E-state index is 0.890. The highest BCUT2D eigenvalue weighted by atomic mass is 32.1. The average molecular weight is 744 g/mol. The van der Waals surface area contributed by atoms with Crippen LogP contribution < -0.4 is 0 Å². The lowest BCUT2D eigenvalue weighted by molar-refractivity contribution is 1.03. The molecule has 0 saturated heterocycles. The molecule has 0 atom stereocenters. The summed E-state index contributed by atoms with van der Waals surface area (Å²) in [6, 6.07) is 62.8. The number of hydrogen-bond acceptors (Lipinski definition) is 2. The third-order valence-electron chi connectivity index (χ3n) is 12.4. The van der Waals surface area contributed by atoms with Gasteiger partial charge >= 0.3 is 0 Å². The van der Waals surface area contributed by atoms with Crippen molar-refractivity contribution in [2.75, 3.05) is 0 Å². The molecule has 4 heteroatoms. The standard InChI is InChI=1S/C53H33N3S/c1-2-16-38(17-3-1)55-46-22-9-6-20-41(46)49-43-28-35-25-32-13-4-5-14-33(32)26-36(35)29-44(43)50-42-21-7-10-23-47(42)56(52(50)51(49)55)39-18-12-15-34(27-39)37-30-45-40-19-8-11-24-48(40)57-53(45)54-31-37/h1-27,30-31H,28-29H2. The van der Waals surface area contributed by atoms with E-state index >= 15 is 0 Å². The lowest BCUT2D eigenvalue weighted by atomic mass is 9.80. The summed E-state index contributed by atoms with van der Waals surface area (Å²) in [5.74, 6) is 0. The lowest BCUT2D eigenvalue weighted by Gasteiger charge is -2.24. The van der Waals surface area contributed by atoms with Crippen LogP contribution in [0.4, 0.5) is 0 Å². The Kier molecular flexibility index (Phi) is 6.44. The number of benzene rings is 8. The van der Waals surface area contributed by atoms with Gasteiger partial charge in [-0.1, -0.05) is 121 Å². The van der Waals surface area contributed by atoms with Crippen LogP contribution in [0.1, 0.15) is 22.3 Å². The first-order valence-corrected chi connectivity index (χ1v) is 20.5. The van der Waals surface area contributed by atoms with Gasteiger partial charge in [-0.2, -0.15) is 0 Å². The molecule has 1 aliphatic carbocycles. The van der Waals surface area contributed by atoms with Crippen LogP contribution in [0, 0.1) is 0 Å². The quantitative estimate of drug-likeness (QED) is 0.177. The number of hydrogen-bond donors (Lipinski definition) is 0. The average Bonchev–Trinajstić information content (AvgIpc) is 3.93. The number of pyridine rings is 1. The van der Waals surface area contributed by atoms with Crippen LogP contribution in [0.3, 0.4) is 0 Å². The van der Waals surface area contributed by atoms with E-state index in [1.165, 1.54) is 97.8 Å². The van der Waals surface area contributed by atoms with E-state index in [9.17, 15) is 0 Å². The van der Waals surface area contributed by atoms with E-state index in [2.05, 4.69) is 179 Å². The predicted octanol–water partition coefficient (Wildman–Crippen LogP) is 14.0. The summed E-state index contributed by atoms with van der Waals surface area (Å²) >= 11 is 1.76. The number of para-hydroxylation sites is 3. The Hall–Kier alpha value is -7.01. The summed E-state index contributed by atoms with van der Waals surface area (Å²) in [6.45, 7) is 0. The van der Waals surface area contributed by atoms with Gasteiger partial charge in [0, 0.05) is 60.2 Å². The van der Waals surface area contributed by atoms with Crippen molar-refractivity contribution < 1.29 is 0 Å². The second-order valence-electron chi connectivity index (χ2n) is 15.5. The van der Waals surface area contributed by atoms with Crippen molar-refractivity contribution in [1.29, 1.82) is 0 Å². The molecular weight excluding hydrogens is 711 g/mol. The van der Waals surface area contributed by atoms with E-state index in [0.29, 0.717) is 0 Å². The molecule has 4 aromatic heterocycles. The van der Waals surface area contributed by atoms with Gasteiger partial charge in [0.2, 0.25) is 0 Å². The third-order valence-corrected chi connectivity index (χ3v) is 13.5. The van der Waals surface area contributed by atoms with Gasteiger partial charge in [-0.3, -0.25) is 0 Å². The molecule has 1 aliphatic rings. The van der Waals surface area contributed by atoms with Crippen molar-refractivity contribution in [3.8, 4) is 22.5 Å². The second-order valence-corrected chi connectivity index (χ2v) is 16.5. The van der Waals surface area contributed by atoms with Gasteiger partial charge in [0.05, 0.1) is 22.1 Å². The fraction of sp³-hybridized carbons (Fsp3) is 0.0377. The van der Waals surface area contributed by atoms with Crippen molar-refractivity contribution in [3.05, 3.63) is 198 Å². The first-order valence-electron chi connectivity index (χ1n) is 19.7. The van der Waals surface area contributed by atoms with Crippen LogP contribution in [0.2, 0.25) is 0 Å². The highest BCUT2D eigenvalue weighted by Gasteiger charge is 2.30. The van der Waals surface area contributed by atoms with E-state index in [-0.39, 0.29) is 0 Å².